The van der Waals surface area contributed by atoms with Crippen molar-refractivity contribution >= 4 is 17.4 Å². The minimum absolute atomic E-state index is 0.0146. The van der Waals surface area contributed by atoms with Gasteiger partial charge >= 0.3 is 0 Å². The van der Waals surface area contributed by atoms with Gasteiger partial charge in [0.2, 0.25) is 5.91 Å². The topological polar surface area (TPSA) is 46.2 Å². The van der Waals surface area contributed by atoms with Crippen LogP contribution in [0, 0.1) is 5.92 Å². The predicted molar refractivity (Wildman–Crippen MR) is 78.1 cm³/mol. The number of ketones is 1. The number of unbranched alkanes of at least 4 members (excludes halogenated alkanes) is 1. The van der Waals surface area contributed by atoms with E-state index in [0.29, 0.717) is 6.42 Å². The Labute approximate surface area is 115 Å². The number of Topliss-reactive ketones (excluding diaryl/α,β-unsaturated/α-hetero) is 1. The number of hydrogen-bond donors (Lipinski definition) is 1. The van der Waals surface area contributed by atoms with Crippen molar-refractivity contribution in [2.45, 2.75) is 46.5 Å². The van der Waals surface area contributed by atoms with E-state index < -0.39 is 0 Å². The fraction of sp³-hybridized carbons (Fsp3) is 0.500. The molecule has 1 N–H and O–H groups in total. The smallest absolute Gasteiger partial charge is 0.226 e. The summed E-state index contributed by atoms with van der Waals surface area (Å²) in [5, 5.41) is 2.90. The summed E-state index contributed by atoms with van der Waals surface area (Å²) in [5.41, 5.74) is 2.05. The molecule has 0 aromatic heterocycles. The summed E-state index contributed by atoms with van der Waals surface area (Å²) >= 11 is 0. The Morgan fingerprint density at radius 3 is 2.58 bits per heavy atom. The van der Waals surface area contributed by atoms with Crippen molar-refractivity contribution in [1.29, 1.82) is 0 Å². The van der Waals surface area contributed by atoms with Gasteiger partial charge in [0.15, 0.2) is 0 Å². The fourth-order valence-corrected chi connectivity index (χ4v) is 1.79. The highest BCUT2D eigenvalue weighted by molar-refractivity contribution is 5.92. The van der Waals surface area contributed by atoms with E-state index in [1.165, 1.54) is 5.56 Å². The van der Waals surface area contributed by atoms with Gasteiger partial charge in [0.05, 0.1) is 0 Å². The summed E-state index contributed by atoms with van der Waals surface area (Å²) in [7, 11) is 0. The van der Waals surface area contributed by atoms with Crippen molar-refractivity contribution in [2.75, 3.05) is 5.32 Å². The third-order valence-electron chi connectivity index (χ3n) is 2.96. The predicted octanol–water partition coefficient (Wildman–Crippen LogP) is 3.58. The maximum atomic E-state index is 11.6. The van der Waals surface area contributed by atoms with Gasteiger partial charge in [0, 0.05) is 18.0 Å². The van der Waals surface area contributed by atoms with Crippen LogP contribution in [0.1, 0.15) is 45.6 Å². The third-order valence-corrected chi connectivity index (χ3v) is 2.96. The SMILES string of the molecule is CC(=O)CCCCc1cccc(NC(=O)C(C)C)c1. The second kappa shape index (κ2) is 7.72. The summed E-state index contributed by atoms with van der Waals surface area (Å²) in [5.74, 6) is 0.269. The van der Waals surface area contributed by atoms with Crippen molar-refractivity contribution in [2.24, 2.45) is 5.92 Å². The number of rotatable bonds is 7. The lowest BCUT2D eigenvalue weighted by Gasteiger charge is -2.09. The third kappa shape index (κ3) is 6.18. The lowest BCUT2D eigenvalue weighted by atomic mass is 10.1. The van der Waals surface area contributed by atoms with Gasteiger partial charge in [-0.2, -0.15) is 0 Å². The number of benzene rings is 1. The molecule has 0 heterocycles. The number of carbonyl (C=O) groups excluding carboxylic acids is 2. The average Bonchev–Trinajstić information content (AvgIpc) is 2.35. The largest absolute Gasteiger partial charge is 0.326 e. The molecule has 0 saturated heterocycles. The molecule has 1 rings (SSSR count). The maximum Gasteiger partial charge on any atom is 0.226 e. The summed E-state index contributed by atoms with van der Waals surface area (Å²) < 4.78 is 0. The molecule has 1 aromatic rings. The van der Waals surface area contributed by atoms with E-state index in [0.717, 1.165) is 24.9 Å². The first kappa shape index (κ1) is 15.4. The Morgan fingerprint density at radius 2 is 1.95 bits per heavy atom. The minimum Gasteiger partial charge on any atom is -0.326 e. The molecule has 0 fully saturated rings. The fourth-order valence-electron chi connectivity index (χ4n) is 1.79. The summed E-state index contributed by atoms with van der Waals surface area (Å²) in [6, 6.07) is 7.92. The second-order valence-corrected chi connectivity index (χ2v) is 5.25. The van der Waals surface area contributed by atoms with E-state index in [2.05, 4.69) is 11.4 Å². The summed E-state index contributed by atoms with van der Waals surface area (Å²) in [6.45, 7) is 5.38. The number of nitrogens with one attached hydrogen (secondary N) is 1. The van der Waals surface area contributed by atoms with Crippen molar-refractivity contribution < 1.29 is 9.59 Å². The lowest BCUT2D eigenvalue weighted by Crippen LogP contribution is -2.17. The Kier molecular flexibility index (Phi) is 6.26. The van der Waals surface area contributed by atoms with Gasteiger partial charge in [0.25, 0.3) is 0 Å². The van der Waals surface area contributed by atoms with Gasteiger partial charge in [-0.3, -0.25) is 4.79 Å². The van der Waals surface area contributed by atoms with Gasteiger partial charge in [-0.25, -0.2) is 0 Å². The van der Waals surface area contributed by atoms with Crippen LogP contribution in [-0.2, 0) is 16.0 Å². The Bertz CT molecular complexity index is 438. The quantitative estimate of drug-likeness (QED) is 0.762. The van der Waals surface area contributed by atoms with Crippen LogP contribution >= 0.6 is 0 Å². The zero-order valence-corrected chi connectivity index (χ0v) is 12.0. The summed E-state index contributed by atoms with van der Waals surface area (Å²) in [4.78, 5) is 22.5. The van der Waals surface area contributed by atoms with Crippen molar-refractivity contribution in [3.63, 3.8) is 0 Å². The zero-order valence-electron chi connectivity index (χ0n) is 12.0. The van der Waals surface area contributed by atoms with Crippen LogP contribution in [0.15, 0.2) is 24.3 Å². The molecule has 0 bridgehead atoms. The number of hydrogen-bond acceptors (Lipinski definition) is 2. The van der Waals surface area contributed by atoms with Gasteiger partial charge in [-0.05, 0) is 43.9 Å². The molecule has 0 radical (unpaired) electrons. The molecule has 0 aliphatic rings. The Balaban J connectivity index is 2.48. The molecule has 19 heavy (non-hydrogen) atoms. The van der Waals surface area contributed by atoms with Crippen molar-refractivity contribution in [1.82, 2.24) is 0 Å². The minimum atomic E-state index is -0.0146. The highest BCUT2D eigenvalue weighted by Crippen LogP contribution is 2.14. The first-order valence-electron chi connectivity index (χ1n) is 6.88. The molecule has 0 unspecified atom stereocenters. The summed E-state index contributed by atoms with van der Waals surface area (Å²) in [6.07, 6.45) is 3.53. The van der Waals surface area contributed by atoms with Gasteiger partial charge in [-0.1, -0.05) is 26.0 Å². The highest BCUT2D eigenvalue weighted by atomic mass is 16.1. The van der Waals surface area contributed by atoms with Gasteiger partial charge < -0.3 is 10.1 Å². The molecule has 1 aromatic carbocycles. The van der Waals surface area contributed by atoms with Crippen molar-refractivity contribution in [3.05, 3.63) is 29.8 Å². The second-order valence-electron chi connectivity index (χ2n) is 5.25. The molecule has 104 valence electrons. The van der Waals surface area contributed by atoms with Crippen LogP contribution in [-0.4, -0.2) is 11.7 Å². The lowest BCUT2D eigenvalue weighted by molar-refractivity contribution is -0.119. The zero-order chi connectivity index (χ0) is 14.3. The van der Waals surface area contributed by atoms with E-state index in [-0.39, 0.29) is 17.6 Å². The molecular weight excluding hydrogens is 238 g/mol. The molecule has 3 nitrogen and oxygen atoms in total. The first-order valence-corrected chi connectivity index (χ1v) is 6.88. The molecule has 0 atom stereocenters. The number of anilines is 1. The number of aryl methyl sites for hydroxylation is 1. The monoisotopic (exact) mass is 261 g/mol. The van der Waals surface area contributed by atoms with E-state index in [1.54, 1.807) is 6.92 Å². The molecule has 1 amide bonds. The molecule has 0 spiro atoms. The number of carbonyl (C=O) groups is 2. The molecule has 0 saturated carbocycles. The normalized spacial score (nSPS) is 10.5. The van der Waals surface area contributed by atoms with Crippen LogP contribution in [0.4, 0.5) is 5.69 Å². The van der Waals surface area contributed by atoms with Crippen LogP contribution in [0.25, 0.3) is 0 Å². The number of amides is 1. The Morgan fingerprint density at radius 1 is 1.21 bits per heavy atom. The van der Waals surface area contributed by atoms with E-state index >= 15 is 0 Å². The van der Waals surface area contributed by atoms with Gasteiger partial charge in [-0.15, -0.1) is 0 Å². The van der Waals surface area contributed by atoms with Gasteiger partial charge in [0.1, 0.15) is 5.78 Å². The van der Waals surface area contributed by atoms with Crippen LogP contribution in [0.5, 0.6) is 0 Å². The average molecular weight is 261 g/mol. The first-order chi connectivity index (χ1) is 8.99. The van der Waals surface area contributed by atoms with E-state index in [9.17, 15) is 9.59 Å². The molecule has 0 aliphatic heterocycles. The van der Waals surface area contributed by atoms with E-state index in [4.69, 9.17) is 0 Å². The Hall–Kier alpha value is -1.64. The molecule has 0 aliphatic carbocycles. The maximum absolute atomic E-state index is 11.6. The molecular formula is C16H23NO2. The highest BCUT2D eigenvalue weighted by Gasteiger charge is 2.07. The van der Waals surface area contributed by atoms with Crippen molar-refractivity contribution in [3.8, 4) is 0 Å². The van der Waals surface area contributed by atoms with Crippen LogP contribution < -0.4 is 5.32 Å². The van der Waals surface area contributed by atoms with E-state index in [1.807, 2.05) is 32.0 Å². The standard InChI is InChI=1S/C16H23NO2/c1-12(2)16(19)17-15-10-6-9-14(11-15)8-5-4-7-13(3)18/h6,9-12H,4-5,7-8H2,1-3H3,(H,17,19). The molecule has 3 heteroatoms. The van der Waals surface area contributed by atoms with Crippen LogP contribution in [0.2, 0.25) is 0 Å². The van der Waals surface area contributed by atoms with Crippen LogP contribution in [0.3, 0.4) is 0 Å².